The number of carbonyl (C=O) groups is 2. The molecule has 4 nitrogen and oxygen atoms in total. The van der Waals surface area contributed by atoms with Crippen LogP contribution in [0.2, 0.25) is 5.02 Å². The molecule has 0 aliphatic carbocycles. The van der Waals surface area contributed by atoms with E-state index in [1.54, 1.807) is 30.3 Å². The van der Waals surface area contributed by atoms with Gasteiger partial charge in [-0.2, -0.15) is 0 Å². The van der Waals surface area contributed by atoms with E-state index in [9.17, 15) is 9.59 Å². The molecule has 0 atom stereocenters. The van der Waals surface area contributed by atoms with E-state index in [1.165, 1.54) is 6.08 Å². The van der Waals surface area contributed by atoms with E-state index in [2.05, 4.69) is 11.9 Å². The predicted octanol–water partition coefficient (Wildman–Crippen LogP) is 2.42. The molecule has 5 heteroatoms. The third-order valence-corrected chi connectivity index (χ3v) is 2.71. The van der Waals surface area contributed by atoms with E-state index in [1.807, 2.05) is 0 Å². The number of urea groups is 1. The van der Waals surface area contributed by atoms with Crippen molar-refractivity contribution in [3.8, 4) is 0 Å². The maximum Gasteiger partial charge on any atom is 0.329 e. The Balaban J connectivity index is 2.24. The van der Waals surface area contributed by atoms with Crippen molar-refractivity contribution in [2.75, 3.05) is 6.54 Å². The molecule has 0 unspecified atom stereocenters. The van der Waals surface area contributed by atoms with Gasteiger partial charge in [0.05, 0.1) is 0 Å². The van der Waals surface area contributed by atoms with E-state index < -0.39 is 6.03 Å². The number of rotatable bonds is 3. The summed E-state index contributed by atoms with van der Waals surface area (Å²) in [6.07, 6.45) is 3.11. The van der Waals surface area contributed by atoms with Gasteiger partial charge in [-0.15, -0.1) is 6.58 Å². The minimum Gasteiger partial charge on any atom is -0.303 e. The molecule has 1 aliphatic heterocycles. The Morgan fingerprint density at radius 2 is 1.94 bits per heavy atom. The first-order valence-corrected chi connectivity index (χ1v) is 5.70. The van der Waals surface area contributed by atoms with Gasteiger partial charge in [0.2, 0.25) is 0 Å². The quantitative estimate of drug-likeness (QED) is 0.517. The molecule has 0 bridgehead atoms. The molecular formula is C13H11ClN2O2. The Hall–Kier alpha value is -2.07. The minimum absolute atomic E-state index is 0.197. The fourth-order valence-corrected chi connectivity index (χ4v) is 1.72. The van der Waals surface area contributed by atoms with E-state index in [-0.39, 0.29) is 18.1 Å². The predicted molar refractivity (Wildman–Crippen MR) is 69.9 cm³/mol. The lowest BCUT2D eigenvalue weighted by Crippen LogP contribution is -2.30. The van der Waals surface area contributed by atoms with Crippen LogP contribution in [0, 0.1) is 0 Å². The van der Waals surface area contributed by atoms with Crippen molar-refractivity contribution in [1.82, 2.24) is 10.2 Å². The number of halogens is 1. The second kappa shape index (κ2) is 5.06. The fraction of sp³-hybridized carbons (Fsp3) is 0.0769. The maximum absolute atomic E-state index is 11.9. The summed E-state index contributed by atoms with van der Waals surface area (Å²) in [6.45, 7) is 3.70. The van der Waals surface area contributed by atoms with Crippen molar-refractivity contribution < 1.29 is 9.59 Å². The molecule has 1 aromatic rings. The molecule has 2 rings (SSSR count). The number of benzene rings is 1. The summed E-state index contributed by atoms with van der Waals surface area (Å²) in [4.78, 5) is 24.5. The van der Waals surface area contributed by atoms with Crippen LogP contribution in [0.25, 0.3) is 6.08 Å². The van der Waals surface area contributed by atoms with Gasteiger partial charge in [-0.05, 0) is 23.8 Å². The Kier molecular flexibility index (Phi) is 3.48. The van der Waals surface area contributed by atoms with Crippen molar-refractivity contribution in [1.29, 1.82) is 0 Å². The monoisotopic (exact) mass is 262 g/mol. The summed E-state index contributed by atoms with van der Waals surface area (Å²) in [7, 11) is 0. The van der Waals surface area contributed by atoms with E-state index in [0.717, 1.165) is 10.5 Å². The molecule has 1 saturated heterocycles. The third kappa shape index (κ3) is 2.43. The molecule has 92 valence electrons. The molecular weight excluding hydrogens is 252 g/mol. The Bertz CT molecular complexity index is 534. The van der Waals surface area contributed by atoms with Gasteiger partial charge in [0, 0.05) is 11.6 Å². The van der Waals surface area contributed by atoms with Gasteiger partial charge in [-0.1, -0.05) is 29.8 Å². The SMILES string of the molecule is C=CCN1C(=O)N/C(=C/c2ccc(Cl)cc2)C1=O. The van der Waals surface area contributed by atoms with Crippen LogP contribution in [0.4, 0.5) is 4.79 Å². The molecule has 1 fully saturated rings. The zero-order valence-electron chi connectivity index (χ0n) is 9.52. The van der Waals surface area contributed by atoms with Crippen LogP contribution >= 0.6 is 11.6 Å². The smallest absolute Gasteiger partial charge is 0.303 e. The average Bonchev–Trinajstić information content (AvgIpc) is 2.60. The molecule has 0 aromatic heterocycles. The number of amides is 3. The van der Waals surface area contributed by atoms with Crippen LogP contribution in [0.1, 0.15) is 5.56 Å². The van der Waals surface area contributed by atoms with Crippen LogP contribution in [-0.2, 0) is 4.79 Å². The highest BCUT2D eigenvalue weighted by Crippen LogP contribution is 2.15. The van der Waals surface area contributed by atoms with Gasteiger partial charge in [0.25, 0.3) is 5.91 Å². The first-order valence-electron chi connectivity index (χ1n) is 5.33. The minimum atomic E-state index is -0.430. The maximum atomic E-state index is 11.9. The lowest BCUT2D eigenvalue weighted by molar-refractivity contribution is -0.122. The standard InChI is InChI=1S/C13H11ClN2O2/c1-2-7-16-12(17)11(15-13(16)18)8-9-3-5-10(14)6-4-9/h2-6,8H,1,7H2,(H,15,18)/b11-8+. The van der Waals surface area contributed by atoms with Crippen molar-refractivity contribution >= 4 is 29.6 Å². The van der Waals surface area contributed by atoms with E-state index in [4.69, 9.17) is 11.6 Å². The zero-order valence-corrected chi connectivity index (χ0v) is 10.3. The summed E-state index contributed by atoms with van der Waals surface area (Å²) in [5, 5.41) is 3.14. The topological polar surface area (TPSA) is 49.4 Å². The lowest BCUT2D eigenvalue weighted by Gasteiger charge is -2.06. The first kappa shape index (κ1) is 12.4. The second-order valence-electron chi connectivity index (χ2n) is 3.74. The molecule has 1 aliphatic rings. The van der Waals surface area contributed by atoms with Crippen LogP contribution in [0.3, 0.4) is 0 Å². The van der Waals surface area contributed by atoms with Crippen LogP contribution in [0.15, 0.2) is 42.6 Å². The van der Waals surface area contributed by atoms with Crippen LogP contribution in [0.5, 0.6) is 0 Å². The number of hydrogen-bond donors (Lipinski definition) is 1. The third-order valence-electron chi connectivity index (χ3n) is 2.45. The summed E-state index contributed by atoms with van der Waals surface area (Å²) in [6, 6.07) is 6.55. The van der Waals surface area contributed by atoms with Crippen LogP contribution < -0.4 is 5.32 Å². The Labute approximate surface area is 110 Å². The first-order chi connectivity index (χ1) is 8.61. The molecule has 0 radical (unpaired) electrons. The molecule has 3 amide bonds. The van der Waals surface area contributed by atoms with Crippen molar-refractivity contribution in [3.05, 3.63) is 53.2 Å². The molecule has 0 spiro atoms. The van der Waals surface area contributed by atoms with E-state index >= 15 is 0 Å². The molecule has 1 N–H and O–H groups in total. The van der Waals surface area contributed by atoms with Gasteiger partial charge in [0.15, 0.2) is 0 Å². The fourth-order valence-electron chi connectivity index (χ4n) is 1.59. The number of carbonyl (C=O) groups excluding carboxylic acids is 2. The van der Waals surface area contributed by atoms with Gasteiger partial charge in [-0.25, -0.2) is 4.79 Å². The molecule has 1 aromatic carbocycles. The van der Waals surface area contributed by atoms with E-state index in [0.29, 0.717) is 5.02 Å². The van der Waals surface area contributed by atoms with Crippen molar-refractivity contribution in [2.45, 2.75) is 0 Å². The van der Waals surface area contributed by atoms with Crippen molar-refractivity contribution in [3.63, 3.8) is 0 Å². The summed E-state index contributed by atoms with van der Waals surface area (Å²) < 4.78 is 0. The number of nitrogens with one attached hydrogen (secondary N) is 1. The average molecular weight is 263 g/mol. The largest absolute Gasteiger partial charge is 0.329 e. The van der Waals surface area contributed by atoms with Crippen molar-refractivity contribution in [2.24, 2.45) is 0 Å². The highest BCUT2D eigenvalue weighted by atomic mass is 35.5. The molecule has 18 heavy (non-hydrogen) atoms. The van der Waals surface area contributed by atoms with Gasteiger partial charge in [0.1, 0.15) is 5.70 Å². The summed E-state index contributed by atoms with van der Waals surface area (Å²) in [5.74, 6) is -0.352. The van der Waals surface area contributed by atoms with Crippen LogP contribution in [-0.4, -0.2) is 23.4 Å². The van der Waals surface area contributed by atoms with Gasteiger partial charge in [-0.3, -0.25) is 9.69 Å². The number of hydrogen-bond acceptors (Lipinski definition) is 2. The summed E-state index contributed by atoms with van der Waals surface area (Å²) in [5.41, 5.74) is 1.05. The Morgan fingerprint density at radius 1 is 1.28 bits per heavy atom. The number of nitrogens with zero attached hydrogens (tertiary/aromatic N) is 1. The second-order valence-corrected chi connectivity index (χ2v) is 4.18. The molecule has 1 heterocycles. The zero-order chi connectivity index (χ0) is 13.1. The highest BCUT2D eigenvalue weighted by Gasteiger charge is 2.32. The Morgan fingerprint density at radius 3 is 2.56 bits per heavy atom. The van der Waals surface area contributed by atoms with Gasteiger partial charge < -0.3 is 5.32 Å². The number of imide groups is 1. The lowest BCUT2D eigenvalue weighted by atomic mass is 10.2. The molecule has 0 saturated carbocycles. The normalized spacial score (nSPS) is 17.2. The summed E-state index contributed by atoms with van der Waals surface area (Å²) >= 11 is 5.77. The van der Waals surface area contributed by atoms with Gasteiger partial charge >= 0.3 is 6.03 Å². The highest BCUT2D eigenvalue weighted by molar-refractivity contribution is 6.30.